The Morgan fingerprint density at radius 3 is 2.60 bits per heavy atom. The molecule has 1 aliphatic heterocycles. The molecule has 1 heterocycles. The summed E-state index contributed by atoms with van der Waals surface area (Å²) in [7, 11) is -2.89. The molecule has 1 unspecified atom stereocenters. The van der Waals surface area contributed by atoms with E-state index in [-0.39, 0.29) is 35.0 Å². The first kappa shape index (κ1) is 15.3. The normalized spacial score (nSPS) is 20.8. The summed E-state index contributed by atoms with van der Waals surface area (Å²) in [5.41, 5.74) is 1.46. The van der Waals surface area contributed by atoms with Crippen molar-refractivity contribution in [2.45, 2.75) is 18.3 Å². The molecule has 1 aliphatic rings. The summed E-state index contributed by atoms with van der Waals surface area (Å²) >= 11 is 1.39. The fourth-order valence-corrected chi connectivity index (χ4v) is 5.42. The zero-order valence-electron chi connectivity index (χ0n) is 10.9. The number of aliphatic hydroxyl groups excluding tert-OH is 1. The van der Waals surface area contributed by atoms with Gasteiger partial charge < -0.3 is 10.4 Å². The number of anilines is 1. The molecule has 1 fully saturated rings. The predicted molar refractivity (Wildman–Crippen MR) is 80.5 cm³/mol. The molecule has 0 radical (unpaired) electrons. The maximum Gasteiger partial charge on any atom is 0.234 e. The highest BCUT2D eigenvalue weighted by Gasteiger charge is 2.28. The van der Waals surface area contributed by atoms with Gasteiger partial charge in [0.1, 0.15) is 0 Å². The molecule has 20 heavy (non-hydrogen) atoms. The molecular formula is C13H17NO4S2. The van der Waals surface area contributed by atoms with Crippen molar-refractivity contribution < 1.29 is 18.3 Å². The highest BCUT2D eigenvalue weighted by molar-refractivity contribution is 8.02. The van der Waals surface area contributed by atoms with Crippen molar-refractivity contribution in [3.63, 3.8) is 0 Å². The van der Waals surface area contributed by atoms with E-state index in [0.29, 0.717) is 12.1 Å². The molecule has 5 nitrogen and oxygen atoms in total. The minimum atomic E-state index is -2.89. The number of hydrogen-bond acceptors (Lipinski definition) is 5. The van der Waals surface area contributed by atoms with Gasteiger partial charge in [0.05, 0.1) is 23.9 Å². The Morgan fingerprint density at radius 1 is 1.35 bits per heavy atom. The van der Waals surface area contributed by atoms with E-state index in [9.17, 15) is 13.2 Å². The smallest absolute Gasteiger partial charge is 0.234 e. The van der Waals surface area contributed by atoms with Gasteiger partial charge in [0.2, 0.25) is 5.91 Å². The van der Waals surface area contributed by atoms with Crippen molar-refractivity contribution in [2.24, 2.45) is 0 Å². The van der Waals surface area contributed by atoms with Crippen LogP contribution in [0.2, 0.25) is 0 Å². The number of nitrogens with one attached hydrogen (secondary N) is 1. The zero-order valence-corrected chi connectivity index (χ0v) is 12.5. The molecule has 1 atom stereocenters. The average Bonchev–Trinajstić information content (AvgIpc) is 2.77. The fourth-order valence-electron chi connectivity index (χ4n) is 1.98. The van der Waals surface area contributed by atoms with Crippen LogP contribution in [0, 0.1) is 0 Å². The third-order valence-electron chi connectivity index (χ3n) is 3.06. The lowest BCUT2D eigenvalue weighted by atomic mass is 10.2. The standard InChI is InChI=1S/C13H17NO4S2/c15-7-10-1-3-11(4-2-10)14-13(16)8-19-12-5-6-20(17,18)9-12/h1-4,12,15H,5-9H2,(H,14,16). The number of aliphatic hydroxyl groups is 1. The molecule has 0 aliphatic carbocycles. The first-order valence-corrected chi connectivity index (χ1v) is 9.17. The Labute approximate surface area is 122 Å². The molecule has 1 amide bonds. The van der Waals surface area contributed by atoms with Gasteiger partial charge in [0.15, 0.2) is 9.84 Å². The average molecular weight is 315 g/mol. The van der Waals surface area contributed by atoms with Gasteiger partial charge in [-0.2, -0.15) is 0 Å². The van der Waals surface area contributed by atoms with Gasteiger partial charge in [-0.1, -0.05) is 12.1 Å². The zero-order chi connectivity index (χ0) is 14.6. The highest BCUT2D eigenvalue weighted by atomic mass is 32.2. The Hall–Kier alpha value is -1.05. The first-order valence-electron chi connectivity index (χ1n) is 6.30. The third-order valence-corrected chi connectivity index (χ3v) is 6.34. The fraction of sp³-hybridized carbons (Fsp3) is 0.462. The lowest BCUT2D eigenvalue weighted by molar-refractivity contribution is -0.113. The number of carbonyl (C=O) groups excluding carboxylic acids is 1. The summed E-state index contributed by atoms with van der Waals surface area (Å²) in [5.74, 6) is 0.517. The minimum Gasteiger partial charge on any atom is -0.392 e. The first-order chi connectivity index (χ1) is 9.48. The maximum atomic E-state index is 11.8. The monoisotopic (exact) mass is 315 g/mol. The topological polar surface area (TPSA) is 83.5 Å². The van der Waals surface area contributed by atoms with Gasteiger partial charge in [-0.25, -0.2) is 8.42 Å². The van der Waals surface area contributed by atoms with Crippen molar-refractivity contribution in [3.8, 4) is 0 Å². The van der Waals surface area contributed by atoms with Crippen molar-refractivity contribution in [1.29, 1.82) is 0 Å². The van der Waals surface area contributed by atoms with E-state index in [2.05, 4.69) is 5.32 Å². The second-order valence-electron chi connectivity index (χ2n) is 4.74. The van der Waals surface area contributed by atoms with Crippen LogP contribution in [0.15, 0.2) is 24.3 Å². The van der Waals surface area contributed by atoms with Gasteiger partial charge in [-0.05, 0) is 24.1 Å². The van der Waals surface area contributed by atoms with E-state index in [1.807, 2.05) is 0 Å². The summed E-state index contributed by atoms with van der Waals surface area (Å²) < 4.78 is 22.6. The molecule has 0 aromatic heterocycles. The van der Waals surface area contributed by atoms with E-state index in [1.165, 1.54) is 11.8 Å². The van der Waals surface area contributed by atoms with Crippen LogP contribution >= 0.6 is 11.8 Å². The van der Waals surface area contributed by atoms with E-state index in [0.717, 1.165) is 5.56 Å². The van der Waals surface area contributed by atoms with Gasteiger partial charge in [0.25, 0.3) is 0 Å². The van der Waals surface area contributed by atoms with Crippen molar-refractivity contribution in [2.75, 3.05) is 22.6 Å². The molecule has 7 heteroatoms. The summed E-state index contributed by atoms with van der Waals surface area (Å²) in [6.07, 6.45) is 0.630. The number of rotatable bonds is 5. The molecular weight excluding hydrogens is 298 g/mol. The summed E-state index contributed by atoms with van der Waals surface area (Å²) in [6.45, 7) is -0.0275. The van der Waals surface area contributed by atoms with E-state index in [1.54, 1.807) is 24.3 Å². The van der Waals surface area contributed by atoms with Gasteiger partial charge in [-0.15, -0.1) is 11.8 Å². The lowest BCUT2D eigenvalue weighted by Gasteiger charge is -2.08. The van der Waals surface area contributed by atoms with Gasteiger partial charge >= 0.3 is 0 Å². The summed E-state index contributed by atoms with van der Waals surface area (Å²) in [4.78, 5) is 11.8. The Morgan fingerprint density at radius 2 is 2.05 bits per heavy atom. The maximum absolute atomic E-state index is 11.8. The number of sulfone groups is 1. The third kappa shape index (κ3) is 4.50. The van der Waals surface area contributed by atoms with Crippen molar-refractivity contribution >= 4 is 33.2 Å². The summed E-state index contributed by atoms with van der Waals surface area (Å²) in [5, 5.41) is 11.7. The predicted octanol–water partition coefficient (Wildman–Crippen LogP) is 1.04. The number of carbonyl (C=O) groups is 1. The van der Waals surface area contributed by atoms with E-state index >= 15 is 0 Å². The quantitative estimate of drug-likeness (QED) is 0.848. The van der Waals surface area contributed by atoms with Crippen molar-refractivity contribution in [3.05, 3.63) is 29.8 Å². The molecule has 110 valence electrons. The van der Waals surface area contributed by atoms with Crippen molar-refractivity contribution in [1.82, 2.24) is 0 Å². The molecule has 2 N–H and O–H groups in total. The van der Waals surface area contributed by atoms with Gasteiger partial charge in [0, 0.05) is 10.9 Å². The number of hydrogen-bond donors (Lipinski definition) is 2. The number of thioether (sulfide) groups is 1. The summed E-state index contributed by atoms with van der Waals surface area (Å²) in [6, 6.07) is 6.95. The van der Waals surface area contributed by atoms with Gasteiger partial charge in [-0.3, -0.25) is 4.79 Å². The highest BCUT2D eigenvalue weighted by Crippen LogP contribution is 2.24. The Kier molecular flexibility index (Phi) is 5.06. The second kappa shape index (κ2) is 6.60. The largest absolute Gasteiger partial charge is 0.392 e. The van der Waals surface area contributed by atoms with Crippen LogP contribution in [0.5, 0.6) is 0 Å². The van der Waals surface area contributed by atoms with E-state index in [4.69, 9.17) is 5.11 Å². The molecule has 0 bridgehead atoms. The van der Waals surface area contributed by atoms with Crippen LogP contribution in [0.4, 0.5) is 5.69 Å². The molecule has 2 rings (SSSR count). The van der Waals surface area contributed by atoms with E-state index < -0.39 is 9.84 Å². The van der Waals surface area contributed by atoms with Crippen LogP contribution in [0.3, 0.4) is 0 Å². The molecule has 0 saturated carbocycles. The molecule has 1 saturated heterocycles. The van der Waals surface area contributed by atoms with Crippen LogP contribution in [0.1, 0.15) is 12.0 Å². The minimum absolute atomic E-state index is 0.0275. The molecule has 1 aromatic rings. The Balaban J connectivity index is 1.78. The van der Waals surface area contributed by atoms with Crippen LogP contribution in [-0.2, 0) is 21.2 Å². The lowest BCUT2D eigenvalue weighted by Crippen LogP contribution is -2.17. The molecule has 1 aromatic carbocycles. The second-order valence-corrected chi connectivity index (χ2v) is 8.26. The SMILES string of the molecule is O=C(CSC1CCS(=O)(=O)C1)Nc1ccc(CO)cc1. The Bertz CT molecular complexity index is 569. The number of amides is 1. The number of benzene rings is 1. The van der Waals surface area contributed by atoms with Crippen LogP contribution in [-0.4, -0.2) is 41.9 Å². The molecule has 0 spiro atoms. The van der Waals surface area contributed by atoms with Crippen LogP contribution < -0.4 is 5.32 Å². The van der Waals surface area contributed by atoms with Crippen LogP contribution in [0.25, 0.3) is 0 Å².